The van der Waals surface area contributed by atoms with E-state index in [0.717, 1.165) is 11.1 Å². The van der Waals surface area contributed by atoms with Crippen LogP contribution in [0.4, 0.5) is 0 Å². The number of aromatic nitrogens is 4. The molecule has 0 saturated carbocycles. The van der Waals surface area contributed by atoms with E-state index >= 15 is 0 Å². The van der Waals surface area contributed by atoms with Crippen molar-refractivity contribution in [3.05, 3.63) is 64.0 Å². The molecule has 0 aliphatic carbocycles. The summed E-state index contributed by atoms with van der Waals surface area (Å²) in [7, 11) is 0. The summed E-state index contributed by atoms with van der Waals surface area (Å²) in [5.41, 5.74) is 1.60. The summed E-state index contributed by atoms with van der Waals surface area (Å²) in [5.74, 6) is 0. The Bertz CT molecular complexity index is 1070. The summed E-state index contributed by atoms with van der Waals surface area (Å²) in [6.07, 6.45) is 0. The predicted molar refractivity (Wildman–Crippen MR) is 88.4 cm³/mol. The minimum atomic E-state index is -0.286. The normalized spacial score (nSPS) is 11.4. The molecule has 0 bridgehead atoms. The second kappa shape index (κ2) is 4.86. The third-order valence-corrected chi connectivity index (χ3v) is 4.01. The van der Waals surface area contributed by atoms with Crippen LogP contribution in [0, 0.1) is 0 Å². The lowest BCUT2D eigenvalue weighted by molar-refractivity contribution is 0.834. The van der Waals surface area contributed by atoms with Gasteiger partial charge in [-0.15, -0.1) is 22.8 Å². The van der Waals surface area contributed by atoms with Crippen LogP contribution in [-0.4, -0.2) is 19.2 Å². The maximum atomic E-state index is 12.9. The summed E-state index contributed by atoms with van der Waals surface area (Å²) < 4.78 is 2.96. The van der Waals surface area contributed by atoms with E-state index in [1.165, 1.54) is 4.40 Å². The Labute approximate surface area is 135 Å². The number of benzene rings is 2. The van der Waals surface area contributed by atoms with Crippen LogP contribution in [0.5, 0.6) is 0 Å². The second-order valence-corrected chi connectivity index (χ2v) is 5.61. The average Bonchev–Trinajstić information content (AvgIpc) is 2.91. The first kappa shape index (κ1) is 13.4. The van der Waals surface area contributed by atoms with Gasteiger partial charge in [0, 0.05) is 10.4 Å². The summed E-state index contributed by atoms with van der Waals surface area (Å²) in [4.78, 5) is 12.9. The van der Waals surface area contributed by atoms with Crippen LogP contribution in [0.25, 0.3) is 22.2 Å². The van der Waals surface area contributed by atoms with Crippen LogP contribution in [0.3, 0.4) is 0 Å². The summed E-state index contributed by atoms with van der Waals surface area (Å²) in [6, 6.07) is 14.7. The van der Waals surface area contributed by atoms with Gasteiger partial charge in [-0.2, -0.15) is 0 Å². The molecule has 0 spiro atoms. The Morgan fingerprint density at radius 2 is 1.82 bits per heavy atom. The lowest BCUT2D eigenvalue weighted by Crippen LogP contribution is -2.26. The zero-order chi connectivity index (χ0) is 15.3. The van der Waals surface area contributed by atoms with Crippen molar-refractivity contribution in [3.8, 4) is 5.69 Å². The van der Waals surface area contributed by atoms with Crippen LogP contribution in [0.15, 0.2) is 58.5 Å². The molecule has 0 N–H and O–H groups in total. The molecule has 22 heavy (non-hydrogen) atoms. The fourth-order valence-electron chi connectivity index (χ4n) is 2.54. The van der Waals surface area contributed by atoms with Crippen molar-refractivity contribution in [2.24, 2.45) is 0 Å². The third-order valence-electron chi connectivity index (χ3n) is 3.48. The SMILES string of the molecule is O=c1n(-c2ccccc2)c2cc(Cl)ccc2c2nnc(S)n12. The van der Waals surface area contributed by atoms with Crippen molar-refractivity contribution in [1.29, 1.82) is 0 Å². The molecular formula is C15H9ClN4OS. The van der Waals surface area contributed by atoms with Crippen LogP contribution in [0.1, 0.15) is 0 Å². The fourth-order valence-corrected chi connectivity index (χ4v) is 2.93. The van der Waals surface area contributed by atoms with Gasteiger partial charge in [-0.05, 0) is 30.3 Å². The highest BCUT2D eigenvalue weighted by molar-refractivity contribution is 7.80. The van der Waals surface area contributed by atoms with E-state index in [9.17, 15) is 4.79 Å². The number of hydrogen-bond donors (Lipinski definition) is 1. The van der Waals surface area contributed by atoms with E-state index in [4.69, 9.17) is 11.6 Å². The van der Waals surface area contributed by atoms with Crippen molar-refractivity contribution in [2.45, 2.75) is 5.16 Å². The van der Waals surface area contributed by atoms with E-state index < -0.39 is 0 Å². The monoisotopic (exact) mass is 328 g/mol. The highest BCUT2D eigenvalue weighted by atomic mass is 35.5. The summed E-state index contributed by atoms with van der Waals surface area (Å²) >= 11 is 10.3. The smallest absolute Gasteiger partial charge is 0.261 e. The first-order valence-corrected chi connectivity index (χ1v) is 7.33. The Morgan fingerprint density at radius 3 is 2.59 bits per heavy atom. The minimum absolute atomic E-state index is 0.251. The molecule has 0 aliphatic rings. The molecule has 2 aromatic carbocycles. The highest BCUT2D eigenvalue weighted by Crippen LogP contribution is 2.24. The maximum absolute atomic E-state index is 12.9. The Hall–Kier alpha value is -2.31. The third kappa shape index (κ3) is 1.84. The molecule has 5 nitrogen and oxygen atoms in total. The van der Waals surface area contributed by atoms with Gasteiger partial charge in [-0.3, -0.25) is 4.57 Å². The number of fused-ring (bicyclic) bond motifs is 3. The van der Waals surface area contributed by atoms with Crippen molar-refractivity contribution < 1.29 is 0 Å². The molecule has 0 aliphatic heterocycles. The molecule has 4 aromatic rings. The van der Waals surface area contributed by atoms with Gasteiger partial charge in [-0.25, -0.2) is 9.20 Å². The minimum Gasteiger partial charge on any atom is -0.261 e. The lowest BCUT2D eigenvalue weighted by atomic mass is 10.2. The van der Waals surface area contributed by atoms with Gasteiger partial charge < -0.3 is 0 Å². The Morgan fingerprint density at radius 1 is 1.05 bits per heavy atom. The first-order chi connectivity index (χ1) is 10.7. The van der Waals surface area contributed by atoms with Crippen LogP contribution in [-0.2, 0) is 0 Å². The van der Waals surface area contributed by atoms with Gasteiger partial charge in [0.15, 0.2) is 10.8 Å². The van der Waals surface area contributed by atoms with Gasteiger partial charge in [0.1, 0.15) is 0 Å². The van der Waals surface area contributed by atoms with E-state index in [0.29, 0.717) is 16.2 Å². The molecule has 7 heteroatoms. The number of halogens is 1. The van der Waals surface area contributed by atoms with E-state index in [-0.39, 0.29) is 10.8 Å². The largest absolute Gasteiger partial charge is 0.341 e. The number of nitrogens with zero attached hydrogens (tertiary/aromatic N) is 4. The summed E-state index contributed by atoms with van der Waals surface area (Å²) in [6.45, 7) is 0. The number of rotatable bonds is 1. The molecule has 4 rings (SSSR count). The van der Waals surface area contributed by atoms with Gasteiger partial charge >= 0.3 is 5.69 Å². The molecule has 2 heterocycles. The number of thiol groups is 1. The summed E-state index contributed by atoms with van der Waals surface area (Å²) in [5, 5.41) is 9.52. The molecule has 0 amide bonds. The van der Waals surface area contributed by atoms with Gasteiger partial charge in [0.2, 0.25) is 0 Å². The van der Waals surface area contributed by atoms with Crippen molar-refractivity contribution >= 4 is 40.8 Å². The fraction of sp³-hybridized carbons (Fsp3) is 0. The van der Waals surface area contributed by atoms with Gasteiger partial charge in [0.25, 0.3) is 0 Å². The molecule has 0 unspecified atom stereocenters. The molecule has 0 atom stereocenters. The zero-order valence-corrected chi connectivity index (χ0v) is 12.8. The molecule has 2 aromatic heterocycles. The van der Waals surface area contributed by atoms with E-state index in [2.05, 4.69) is 22.8 Å². The Kier molecular flexibility index (Phi) is 2.95. The van der Waals surface area contributed by atoms with Crippen molar-refractivity contribution in [1.82, 2.24) is 19.2 Å². The molecule has 0 saturated heterocycles. The van der Waals surface area contributed by atoms with E-state index in [1.54, 1.807) is 16.7 Å². The standard InChI is InChI=1S/C15H9ClN4OS/c16-9-6-7-11-12(8-9)19(10-4-2-1-3-5-10)15(21)20-13(11)17-18-14(20)22/h1-8H,(H,18,22). The second-order valence-electron chi connectivity index (χ2n) is 4.77. The van der Waals surface area contributed by atoms with Crippen LogP contribution < -0.4 is 5.69 Å². The molecule has 0 fully saturated rings. The van der Waals surface area contributed by atoms with Crippen LogP contribution >= 0.6 is 24.2 Å². The molecule has 0 radical (unpaired) electrons. The number of hydrogen-bond acceptors (Lipinski definition) is 4. The highest BCUT2D eigenvalue weighted by Gasteiger charge is 2.16. The van der Waals surface area contributed by atoms with E-state index in [1.807, 2.05) is 36.4 Å². The zero-order valence-electron chi connectivity index (χ0n) is 11.1. The average molecular weight is 329 g/mol. The Balaban J connectivity index is 2.30. The quantitative estimate of drug-likeness (QED) is 0.547. The van der Waals surface area contributed by atoms with Crippen molar-refractivity contribution in [3.63, 3.8) is 0 Å². The lowest BCUT2D eigenvalue weighted by Gasteiger charge is -2.11. The topological polar surface area (TPSA) is 52.2 Å². The maximum Gasteiger partial charge on any atom is 0.341 e. The van der Waals surface area contributed by atoms with Gasteiger partial charge in [-0.1, -0.05) is 29.8 Å². The number of para-hydroxylation sites is 1. The van der Waals surface area contributed by atoms with Crippen molar-refractivity contribution in [2.75, 3.05) is 0 Å². The van der Waals surface area contributed by atoms with Crippen LogP contribution in [0.2, 0.25) is 5.02 Å². The molecular weight excluding hydrogens is 320 g/mol. The molecule has 108 valence electrons. The first-order valence-electron chi connectivity index (χ1n) is 6.50. The predicted octanol–water partition coefficient (Wildman–Crippen LogP) is 2.98. The van der Waals surface area contributed by atoms with Gasteiger partial charge in [0.05, 0.1) is 11.2 Å².